The number of allylic oxidation sites excluding steroid dienone is 1. The van der Waals surface area contributed by atoms with Crippen molar-refractivity contribution in [2.45, 2.75) is 121 Å². The van der Waals surface area contributed by atoms with Crippen LogP contribution in [0.25, 0.3) is 0 Å². The van der Waals surface area contributed by atoms with Gasteiger partial charge in [0.1, 0.15) is 54.5 Å². The molecule has 5 rings (SSSR count). The Hall–Kier alpha value is -4.93. The molecule has 4 aliphatic rings. The highest BCUT2D eigenvalue weighted by Gasteiger charge is 2.47. The second-order valence-corrected chi connectivity index (χ2v) is 15.3. The minimum atomic E-state index is -1.67. The number of piperidine rings is 1. The smallest absolute Gasteiger partial charge is 0.328 e. The van der Waals surface area contributed by atoms with Crippen molar-refractivity contribution in [1.29, 1.82) is 0 Å². The summed E-state index contributed by atoms with van der Waals surface area (Å²) in [6.07, 6.45) is 5.13. The van der Waals surface area contributed by atoms with Crippen molar-refractivity contribution >= 4 is 41.4 Å². The lowest BCUT2D eigenvalue weighted by molar-refractivity contribution is -0.158. The Morgan fingerprint density at radius 1 is 0.946 bits per heavy atom. The van der Waals surface area contributed by atoms with Gasteiger partial charge < -0.3 is 40.5 Å². The van der Waals surface area contributed by atoms with Gasteiger partial charge in [-0.15, -0.1) is 0 Å². The standard InChI is InChI=1S/C39H52F2N6O9/c1-4-5-6-7-11-33(49)43-28(16-24-14-25(40)17-26(41)15-24)34(50)44-29-21-56-39(55)32-13-22(2)19-46(32)36(52)23(3)42-35(51)30-10-8-9-12-45(30)38(54)31-18-27(48)20-47(31)37(29)53/h7,11,14-15,17,22-23,27-32,48H,4-6,8-10,12-13,16,18-21H2,1-3H3,(H,42,51)(H,43,49)(H,44,50)/b11-7+/t22-,23+,27-,28+,29+,30+,31+,32+/m1/s1. The SMILES string of the molecule is CCCC/C=C/C(=O)N[C@@H](Cc1cc(F)cc(F)c1)C(=O)N[C@H]1COC(=O)[C@@H]2C[C@@H](C)CN2C(=O)[C@H](C)NC(=O)[C@@H]2CCCCN2C(=O)[C@@H]2C[C@@H](O)CN2C1=O. The summed E-state index contributed by atoms with van der Waals surface area (Å²) in [5.74, 6) is -7.07. The molecule has 8 atom stereocenters. The molecule has 0 unspecified atom stereocenters. The van der Waals surface area contributed by atoms with Crippen LogP contribution in [-0.2, 0) is 44.7 Å². The van der Waals surface area contributed by atoms with Crippen LogP contribution in [0.3, 0.4) is 0 Å². The number of nitrogens with one attached hydrogen (secondary N) is 3. The van der Waals surface area contributed by atoms with E-state index in [4.69, 9.17) is 4.74 Å². The van der Waals surface area contributed by atoms with Gasteiger partial charge in [-0.1, -0.05) is 32.8 Å². The zero-order valence-corrected chi connectivity index (χ0v) is 32.0. The Balaban J connectivity index is 1.49. The minimum Gasteiger partial charge on any atom is -0.461 e. The monoisotopic (exact) mass is 786 g/mol. The molecule has 1 aromatic carbocycles. The van der Waals surface area contributed by atoms with E-state index in [9.17, 15) is 47.4 Å². The van der Waals surface area contributed by atoms with E-state index >= 15 is 0 Å². The van der Waals surface area contributed by atoms with Crippen LogP contribution in [-0.4, -0.2) is 130 Å². The lowest BCUT2D eigenvalue weighted by Crippen LogP contribution is -2.62. The number of benzene rings is 1. The fourth-order valence-electron chi connectivity index (χ4n) is 7.90. The van der Waals surface area contributed by atoms with E-state index in [0.717, 1.165) is 29.9 Å². The number of fused-ring (bicyclic) bond motifs is 3. The van der Waals surface area contributed by atoms with Gasteiger partial charge in [0.15, 0.2) is 0 Å². The van der Waals surface area contributed by atoms with Crippen molar-refractivity contribution < 1.29 is 52.2 Å². The predicted octanol–water partition coefficient (Wildman–Crippen LogP) is 0.865. The predicted molar refractivity (Wildman–Crippen MR) is 196 cm³/mol. The van der Waals surface area contributed by atoms with Gasteiger partial charge in [0, 0.05) is 38.5 Å². The normalized spacial score (nSPS) is 28.4. The largest absolute Gasteiger partial charge is 0.461 e. The first-order valence-electron chi connectivity index (χ1n) is 19.5. The molecular formula is C39H52F2N6O9. The maximum absolute atomic E-state index is 14.4. The molecule has 306 valence electrons. The molecule has 15 nitrogen and oxygen atoms in total. The minimum absolute atomic E-state index is 0.0245. The number of amides is 6. The summed E-state index contributed by atoms with van der Waals surface area (Å²) in [5.41, 5.74) is 0.0245. The van der Waals surface area contributed by atoms with Crippen molar-refractivity contribution in [3.63, 3.8) is 0 Å². The molecule has 56 heavy (non-hydrogen) atoms. The van der Waals surface area contributed by atoms with Crippen molar-refractivity contribution in [2.75, 3.05) is 26.2 Å². The van der Waals surface area contributed by atoms with Crippen molar-refractivity contribution in [3.8, 4) is 0 Å². The van der Waals surface area contributed by atoms with E-state index in [1.807, 2.05) is 13.8 Å². The summed E-state index contributed by atoms with van der Waals surface area (Å²) in [6, 6.07) is -4.84. The average molecular weight is 787 g/mol. The third kappa shape index (κ3) is 10.3. The highest BCUT2D eigenvalue weighted by Crippen LogP contribution is 2.28. The Morgan fingerprint density at radius 3 is 2.38 bits per heavy atom. The molecule has 1 aromatic rings. The second-order valence-electron chi connectivity index (χ2n) is 15.3. The topological polar surface area (TPSA) is 195 Å². The molecule has 0 spiro atoms. The number of aliphatic hydroxyl groups excluding tert-OH is 1. The first kappa shape index (κ1) is 42.2. The number of aliphatic hydroxyl groups is 1. The summed E-state index contributed by atoms with van der Waals surface area (Å²) in [6.45, 7) is 4.62. The fourth-order valence-corrected chi connectivity index (χ4v) is 7.90. The lowest BCUT2D eigenvalue weighted by Gasteiger charge is -2.39. The molecule has 0 aromatic heterocycles. The Bertz CT molecular complexity index is 1690. The number of carbonyl (C=O) groups is 7. The van der Waals surface area contributed by atoms with Crippen LogP contribution in [0.15, 0.2) is 30.4 Å². The summed E-state index contributed by atoms with van der Waals surface area (Å²) in [7, 11) is 0. The number of carbonyl (C=O) groups excluding carboxylic acids is 7. The van der Waals surface area contributed by atoms with Crippen LogP contribution in [0, 0.1) is 17.6 Å². The Kier molecular flexibility index (Phi) is 14.2. The van der Waals surface area contributed by atoms with Gasteiger partial charge in [0.25, 0.3) is 0 Å². The maximum Gasteiger partial charge on any atom is 0.328 e. The zero-order valence-electron chi connectivity index (χ0n) is 32.0. The van der Waals surface area contributed by atoms with E-state index in [1.165, 1.54) is 22.8 Å². The molecular weight excluding hydrogens is 734 g/mol. The third-order valence-electron chi connectivity index (χ3n) is 10.7. The summed E-state index contributed by atoms with van der Waals surface area (Å²) in [5, 5.41) is 18.5. The fraction of sp³-hybridized carbons (Fsp3) is 0.615. The maximum atomic E-state index is 14.4. The summed E-state index contributed by atoms with van der Waals surface area (Å²) >= 11 is 0. The van der Waals surface area contributed by atoms with Gasteiger partial charge in [-0.25, -0.2) is 13.6 Å². The Labute approximate surface area is 324 Å². The van der Waals surface area contributed by atoms with Gasteiger partial charge in [-0.05, 0) is 68.7 Å². The first-order valence-corrected chi connectivity index (χ1v) is 19.5. The van der Waals surface area contributed by atoms with Crippen molar-refractivity contribution in [2.24, 2.45) is 5.92 Å². The lowest BCUT2D eigenvalue weighted by atomic mass is 9.99. The number of unbranched alkanes of at least 4 members (excludes halogenated alkanes) is 2. The number of hydrogen-bond donors (Lipinski definition) is 4. The molecule has 4 fully saturated rings. The Morgan fingerprint density at radius 2 is 1.66 bits per heavy atom. The number of cyclic esters (lactones) is 1. The van der Waals surface area contributed by atoms with E-state index in [0.29, 0.717) is 31.7 Å². The van der Waals surface area contributed by atoms with Gasteiger partial charge in [0.2, 0.25) is 35.4 Å². The molecule has 4 heterocycles. The summed E-state index contributed by atoms with van der Waals surface area (Å²) in [4.78, 5) is 100. The van der Waals surface area contributed by atoms with E-state index in [2.05, 4.69) is 16.0 Å². The molecule has 4 aliphatic heterocycles. The molecule has 0 aliphatic carbocycles. The van der Waals surface area contributed by atoms with E-state index in [-0.39, 0.29) is 44.0 Å². The van der Waals surface area contributed by atoms with E-state index < -0.39 is 108 Å². The summed E-state index contributed by atoms with van der Waals surface area (Å²) < 4.78 is 34.0. The molecule has 4 N–H and O–H groups in total. The van der Waals surface area contributed by atoms with Crippen LogP contribution in [0.2, 0.25) is 0 Å². The number of hydrogen-bond acceptors (Lipinski definition) is 9. The zero-order chi connectivity index (χ0) is 40.7. The number of esters is 1. The molecule has 17 heteroatoms. The molecule has 6 amide bonds. The molecule has 0 saturated carbocycles. The quantitative estimate of drug-likeness (QED) is 0.160. The first-order chi connectivity index (χ1) is 26.7. The van der Waals surface area contributed by atoms with Crippen LogP contribution < -0.4 is 16.0 Å². The van der Waals surface area contributed by atoms with E-state index in [1.54, 1.807) is 6.08 Å². The molecule has 4 saturated heterocycles. The van der Waals surface area contributed by atoms with Crippen LogP contribution in [0.5, 0.6) is 0 Å². The van der Waals surface area contributed by atoms with Gasteiger partial charge in [0.05, 0.1) is 6.10 Å². The van der Waals surface area contributed by atoms with Gasteiger partial charge in [-0.2, -0.15) is 0 Å². The number of nitrogens with zero attached hydrogens (tertiary/aromatic N) is 3. The molecule has 0 radical (unpaired) electrons. The van der Waals surface area contributed by atoms with Gasteiger partial charge in [-0.3, -0.25) is 28.8 Å². The van der Waals surface area contributed by atoms with Crippen LogP contribution in [0.1, 0.15) is 77.7 Å². The number of rotatable bonds is 9. The number of halogens is 2. The van der Waals surface area contributed by atoms with Gasteiger partial charge >= 0.3 is 5.97 Å². The van der Waals surface area contributed by atoms with Crippen LogP contribution >= 0.6 is 0 Å². The van der Waals surface area contributed by atoms with Crippen molar-refractivity contribution in [1.82, 2.24) is 30.7 Å². The van der Waals surface area contributed by atoms with Crippen LogP contribution in [0.4, 0.5) is 8.78 Å². The highest BCUT2D eigenvalue weighted by molar-refractivity contribution is 5.98. The average Bonchev–Trinajstić information content (AvgIpc) is 3.75. The van der Waals surface area contributed by atoms with Crippen molar-refractivity contribution in [3.05, 3.63) is 47.5 Å². The highest BCUT2D eigenvalue weighted by atomic mass is 19.1. The molecule has 0 bridgehead atoms. The number of ether oxygens (including phenoxy) is 1. The third-order valence-corrected chi connectivity index (χ3v) is 10.7. The second kappa shape index (κ2) is 18.8.